The highest BCUT2D eigenvalue weighted by atomic mass is 32.2. The smallest absolute Gasteiger partial charge is 0.241 e. The Morgan fingerprint density at radius 2 is 1.74 bits per heavy atom. The summed E-state index contributed by atoms with van der Waals surface area (Å²) in [4.78, 5) is 0.282. The molecule has 0 heterocycles. The number of aliphatic hydroxyl groups excluding tert-OH is 1. The third kappa shape index (κ3) is 4.64. The number of hydrogen-bond donors (Lipinski definition) is 2. The summed E-state index contributed by atoms with van der Waals surface area (Å²) in [6.07, 6.45) is -0.387. The molecular formula is C18H23NO3S. The topological polar surface area (TPSA) is 66.4 Å². The van der Waals surface area contributed by atoms with E-state index >= 15 is 0 Å². The van der Waals surface area contributed by atoms with Crippen LogP contribution >= 0.6 is 0 Å². The summed E-state index contributed by atoms with van der Waals surface area (Å²) in [5.41, 5.74) is 2.52. The van der Waals surface area contributed by atoms with Crippen LogP contribution in [-0.2, 0) is 10.0 Å². The fourth-order valence-electron chi connectivity index (χ4n) is 2.62. The molecule has 0 unspecified atom stereocenters. The zero-order valence-electron chi connectivity index (χ0n) is 13.7. The average Bonchev–Trinajstić information content (AvgIpc) is 2.46. The molecule has 0 saturated heterocycles. The molecule has 0 fully saturated rings. The zero-order valence-corrected chi connectivity index (χ0v) is 14.5. The third-order valence-corrected chi connectivity index (χ3v) is 5.49. The second kappa shape index (κ2) is 7.25. The summed E-state index contributed by atoms with van der Waals surface area (Å²) in [5, 5.41) is 10.2. The van der Waals surface area contributed by atoms with Gasteiger partial charge in [-0.3, -0.25) is 0 Å². The quantitative estimate of drug-likeness (QED) is 0.854. The predicted octanol–water partition coefficient (Wildman–Crippen LogP) is 3.09. The van der Waals surface area contributed by atoms with Crippen molar-refractivity contribution in [1.29, 1.82) is 0 Å². The van der Waals surface area contributed by atoms with E-state index in [4.69, 9.17) is 0 Å². The van der Waals surface area contributed by atoms with Crippen LogP contribution < -0.4 is 4.72 Å². The molecule has 0 radical (unpaired) electrons. The molecule has 0 aromatic heterocycles. The Morgan fingerprint density at radius 1 is 1.09 bits per heavy atom. The first-order valence-electron chi connectivity index (χ1n) is 7.62. The van der Waals surface area contributed by atoms with E-state index in [9.17, 15) is 13.5 Å². The summed E-state index contributed by atoms with van der Waals surface area (Å²) in [7, 11) is -3.60. The molecule has 5 heteroatoms. The van der Waals surface area contributed by atoms with E-state index in [0.29, 0.717) is 12.0 Å². The van der Waals surface area contributed by atoms with Crippen LogP contribution in [0.15, 0.2) is 53.4 Å². The Morgan fingerprint density at radius 3 is 2.35 bits per heavy atom. The summed E-state index contributed by atoms with van der Waals surface area (Å²) in [6.45, 7) is 5.47. The summed E-state index contributed by atoms with van der Waals surface area (Å²) < 4.78 is 27.6. The van der Waals surface area contributed by atoms with Gasteiger partial charge in [0.2, 0.25) is 10.0 Å². The lowest BCUT2D eigenvalue weighted by Gasteiger charge is -2.19. The van der Waals surface area contributed by atoms with Gasteiger partial charge in [0.1, 0.15) is 0 Å². The largest absolute Gasteiger partial charge is 0.388 e. The first kappa shape index (κ1) is 17.7. The molecule has 2 N–H and O–H groups in total. The molecule has 2 aromatic carbocycles. The highest BCUT2D eigenvalue weighted by Gasteiger charge is 2.21. The minimum absolute atomic E-state index is 0.282. The highest BCUT2D eigenvalue weighted by molar-refractivity contribution is 7.89. The van der Waals surface area contributed by atoms with E-state index in [0.717, 1.165) is 11.1 Å². The molecule has 0 aliphatic rings. The summed E-state index contributed by atoms with van der Waals surface area (Å²) in [6, 6.07) is 14.1. The fourth-order valence-corrected chi connectivity index (χ4v) is 4.11. The maximum Gasteiger partial charge on any atom is 0.241 e. The molecule has 2 atom stereocenters. The lowest BCUT2D eigenvalue weighted by molar-refractivity contribution is 0.158. The van der Waals surface area contributed by atoms with Crippen LogP contribution in [0.1, 0.15) is 36.1 Å². The van der Waals surface area contributed by atoms with E-state index in [2.05, 4.69) is 4.72 Å². The van der Waals surface area contributed by atoms with Crippen molar-refractivity contribution in [2.75, 3.05) is 0 Å². The Balaban J connectivity index is 2.08. The molecule has 124 valence electrons. The molecule has 23 heavy (non-hydrogen) atoms. The Bertz CT molecular complexity index is 757. The molecule has 2 aromatic rings. The molecule has 4 nitrogen and oxygen atoms in total. The van der Waals surface area contributed by atoms with Crippen LogP contribution in [0.2, 0.25) is 0 Å². The first-order valence-corrected chi connectivity index (χ1v) is 9.10. The monoisotopic (exact) mass is 333 g/mol. The van der Waals surface area contributed by atoms with Crippen molar-refractivity contribution in [2.45, 2.75) is 44.2 Å². The van der Waals surface area contributed by atoms with E-state index in [1.807, 2.05) is 43.3 Å². The van der Waals surface area contributed by atoms with E-state index in [1.165, 1.54) is 0 Å². The van der Waals surface area contributed by atoms with Crippen LogP contribution in [0.5, 0.6) is 0 Å². The number of aryl methyl sites for hydroxylation is 2. The maximum absolute atomic E-state index is 12.5. The van der Waals surface area contributed by atoms with Crippen molar-refractivity contribution in [2.24, 2.45) is 0 Å². The zero-order chi connectivity index (χ0) is 17.0. The molecular weight excluding hydrogens is 310 g/mol. The number of hydrogen-bond acceptors (Lipinski definition) is 3. The SMILES string of the molecule is Cc1ccc(S(=O)(=O)N[C@@H](C)C[C@@H](O)c2ccccc2)c(C)c1. The van der Waals surface area contributed by atoms with Crippen LogP contribution in [0, 0.1) is 13.8 Å². The van der Waals surface area contributed by atoms with Gasteiger partial charge in [-0.25, -0.2) is 13.1 Å². The van der Waals surface area contributed by atoms with Crippen LogP contribution in [0.3, 0.4) is 0 Å². The summed E-state index contributed by atoms with van der Waals surface area (Å²) in [5.74, 6) is 0. The van der Waals surface area contributed by atoms with Gasteiger partial charge in [0, 0.05) is 6.04 Å². The number of nitrogens with one attached hydrogen (secondary N) is 1. The number of benzene rings is 2. The van der Waals surface area contributed by atoms with Crippen LogP contribution in [0.25, 0.3) is 0 Å². The average molecular weight is 333 g/mol. The molecule has 0 amide bonds. The summed E-state index contributed by atoms with van der Waals surface area (Å²) >= 11 is 0. The second-order valence-electron chi connectivity index (χ2n) is 5.95. The number of sulfonamides is 1. The van der Waals surface area contributed by atoms with E-state index < -0.39 is 16.1 Å². The Hall–Kier alpha value is -1.69. The van der Waals surface area contributed by atoms with Crippen molar-refractivity contribution in [1.82, 2.24) is 4.72 Å². The van der Waals surface area contributed by atoms with E-state index in [1.54, 1.807) is 26.0 Å². The van der Waals surface area contributed by atoms with Gasteiger partial charge in [-0.15, -0.1) is 0 Å². The number of rotatable bonds is 6. The van der Waals surface area contributed by atoms with Gasteiger partial charge in [-0.2, -0.15) is 0 Å². The Kier molecular flexibility index (Phi) is 5.57. The standard InChI is InChI=1S/C18H23NO3S/c1-13-9-10-18(14(2)11-13)23(21,22)19-15(3)12-17(20)16-7-5-4-6-8-16/h4-11,15,17,19-20H,12H2,1-3H3/t15-,17+/m0/s1. The predicted molar refractivity (Wildman–Crippen MR) is 91.7 cm³/mol. The van der Waals surface area contributed by atoms with Crippen molar-refractivity contribution in [3.8, 4) is 0 Å². The first-order chi connectivity index (χ1) is 10.8. The Labute approximate surface area is 138 Å². The van der Waals surface area contributed by atoms with Gasteiger partial charge in [-0.1, -0.05) is 48.0 Å². The molecule has 2 rings (SSSR count). The molecule has 0 bridgehead atoms. The van der Waals surface area contributed by atoms with Gasteiger partial charge < -0.3 is 5.11 Å². The lowest BCUT2D eigenvalue weighted by atomic mass is 10.0. The van der Waals surface area contributed by atoms with Crippen molar-refractivity contribution < 1.29 is 13.5 Å². The van der Waals surface area contributed by atoms with Crippen LogP contribution in [-0.4, -0.2) is 19.6 Å². The van der Waals surface area contributed by atoms with Crippen molar-refractivity contribution in [3.05, 3.63) is 65.2 Å². The highest BCUT2D eigenvalue weighted by Crippen LogP contribution is 2.20. The molecule has 0 saturated carbocycles. The number of aliphatic hydroxyl groups is 1. The molecule has 0 aliphatic carbocycles. The molecule has 0 aliphatic heterocycles. The third-order valence-electron chi connectivity index (χ3n) is 3.74. The van der Waals surface area contributed by atoms with E-state index in [-0.39, 0.29) is 10.9 Å². The van der Waals surface area contributed by atoms with Crippen LogP contribution in [0.4, 0.5) is 0 Å². The van der Waals surface area contributed by atoms with Crippen molar-refractivity contribution in [3.63, 3.8) is 0 Å². The minimum atomic E-state index is -3.60. The van der Waals surface area contributed by atoms with Gasteiger partial charge in [0.25, 0.3) is 0 Å². The van der Waals surface area contributed by atoms with Crippen molar-refractivity contribution >= 4 is 10.0 Å². The van der Waals surface area contributed by atoms with Gasteiger partial charge in [-0.05, 0) is 44.4 Å². The lowest BCUT2D eigenvalue weighted by Crippen LogP contribution is -2.34. The molecule has 0 spiro atoms. The maximum atomic E-state index is 12.5. The second-order valence-corrected chi connectivity index (χ2v) is 7.64. The normalized spacial score (nSPS) is 14.4. The fraction of sp³-hybridized carbons (Fsp3) is 0.333. The van der Waals surface area contributed by atoms with Gasteiger partial charge >= 0.3 is 0 Å². The minimum Gasteiger partial charge on any atom is -0.388 e. The van der Waals surface area contributed by atoms with Gasteiger partial charge in [0.05, 0.1) is 11.0 Å². The van der Waals surface area contributed by atoms with Gasteiger partial charge in [0.15, 0.2) is 0 Å².